The molecule has 1 unspecified atom stereocenters. The molecule has 1 aromatic carbocycles. The maximum absolute atomic E-state index is 12.7. The third-order valence-electron chi connectivity index (χ3n) is 5.23. The Hall–Kier alpha value is -1.39. The molecule has 0 aliphatic heterocycles. The van der Waals surface area contributed by atoms with Gasteiger partial charge in [0.1, 0.15) is 6.04 Å². The standard InChI is InChI=1S/C21H34N2O2/c1-3-23(4-2)16-15-22-20(19-13-9-6-10-14-19)21(24)25-17-18-11-7-5-8-12-18/h6,9-10,13-14,18,20,22H,3-5,7-8,11-12,15-17H2,1-2H3. The zero-order valence-electron chi connectivity index (χ0n) is 15.9. The van der Waals surface area contributed by atoms with Crippen molar-refractivity contribution in [2.45, 2.75) is 52.0 Å². The number of nitrogens with one attached hydrogen (secondary N) is 1. The number of likely N-dealkylation sites (N-methyl/N-ethyl adjacent to an activating group) is 1. The SMILES string of the molecule is CCN(CC)CCNC(C(=O)OCC1CCCCC1)c1ccccc1. The number of hydrogen-bond acceptors (Lipinski definition) is 4. The first-order valence-electron chi connectivity index (χ1n) is 9.91. The minimum Gasteiger partial charge on any atom is -0.464 e. The molecule has 4 heteroatoms. The number of benzene rings is 1. The van der Waals surface area contributed by atoms with E-state index >= 15 is 0 Å². The number of esters is 1. The lowest BCUT2D eigenvalue weighted by Crippen LogP contribution is -2.37. The second kappa shape index (κ2) is 11.3. The first kappa shape index (κ1) is 19.9. The first-order valence-corrected chi connectivity index (χ1v) is 9.91. The van der Waals surface area contributed by atoms with E-state index in [0.29, 0.717) is 12.5 Å². The normalized spacial score (nSPS) is 16.8. The number of rotatable bonds is 10. The van der Waals surface area contributed by atoms with Gasteiger partial charge < -0.3 is 9.64 Å². The Balaban J connectivity index is 1.90. The van der Waals surface area contributed by atoms with Gasteiger partial charge in [-0.25, -0.2) is 4.79 Å². The molecule has 1 aromatic rings. The van der Waals surface area contributed by atoms with Gasteiger partial charge in [-0.05, 0) is 37.4 Å². The van der Waals surface area contributed by atoms with E-state index < -0.39 is 0 Å². The van der Waals surface area contributed by atoms with E-state index in [1.165, 1.54) is 32.1 Å². The lowest BCUT2D eigenvalue weighted by molar-refractivity contribution is -0.148. The topological polar surface area (TPSA) is 41.6 Å². The van der Waals surface area contributed by atoms with Crippen LogP contribution < -0.4 is 5.32 Å². The fourth-order valence-electron chi connectivity index (χ4n) is 3.53. The van der Waals surface area contributed by atoms with Gasteiger partial charge >= 0.3 is 5.97 Å². The highest BCUT2D eigenvalue weighted by Gasteiger charge is 2.23. The molecule has 1 N–H and O–H groups in total. The van der Waals surface area contributed by atoms with Crippen LogP contribution in [0.3, 0.4) is 0 Å². The van der Waals surface area contributed by atoms with Crippen LogP contribution in [0, 0.1) is 5.92 Å². The third kappa shape index (κ3) is 6.79. The van der Waals surface area contributed by atoms with Crippen LogP contribution in [0.15, 0.2) is 30.3 Å². The number of carbonyl (C=O) groups is 1. The Bertz CT molecular complexity index is 482. The Morgan fingerprint density at radius 1 is 1.16 bits per heavy atom. The van der Waals surface area contributed by atoms with Crippen molar-refractivity contribution in [2.75, 3.05) is 32.8 Å². The minimum absolute atomic E-state index is 0.142. The summed E-state index contributed by atoms with van der Waals surface area (Å²) in [5.41, 5.74) is 0.982. The zero-order valence-corrected chi connectivity index (χ0v) is 15.9. The van der Waals surface area contributed by atoms with Crippen LogP contribution in [0.4, 0.5) is 0 Å². The molecule has 0 saturated heterocycles. The van der Waals surface area contributed by atoms with Crippen LogP contribution in [0.2, 0.25) is 0 Å². The predicted molar refractivity (Wildman–Crippen MR) is 103 cm³/mol. The molecule has 0 spiro atoms. The summed E-state index contributed by atoms with van der Waals surface area (Å²) in [6, 6.07) is 9.55. The van der Waals surface area contributed by atoms with E-state index in [1.807, 2.05) is 30.3 Å². The van der Waals surface area contributed by atoms with Crippen molar-refractivity contribution in [3.05, 3.63) is 35.9 Å². The largest absolute Gasteiger partial charge is 0.464 e. The Kier molecular flexibility index (Phi) is 8.98. The summed E-state index contributed by atoms with van der Waals surface area (Å²) >= 11 is 0. The predicted octanol–water partition coefficient (Wildman–Crippen LogP) is 3.78. The molecule has 4 nitrogen and oxygen atoms in total. The van der Waals surface area contributed by atoms with Gasteiger partial charge in [0.25, 0.3) is 0 Å². The molecule has 1 aliphatic carbocycles. The van der Waals surface area contributed by atoms with Gasteiger partial charge in [-0.1, -0.05) is 63.4 Å². The minimum atomic E-state index is -0.375. The van der Waals surface area contributed by atoms with Crippen molar-refractivity contribution in [1.82, 2.24) is 10.2 Å². The van der Waals surface area contributed by atoms with E-state index in [9.17, 15) is 4.79 Å². The van der Waals surface area contributed by atoms with Crippen molar-refractivity contribution >= 4 is 5.97 Å². The quantitative estimate of drug-likeness (QED) is 0.655. The van der Waals surface area contributed by atoms with Crippen LogP contribution in [0.25, 0.3) is 0 Å². The highest BCUT2D eigenvalue weighted by Crippen LogP contribution is 2.24. The molecular formula is C21H34N2O2. The van der Waals surface area contributed by atoms with Gasteiger partial charge in [-0.3, -0.25) is 5.32 Å². The van der Waals surface area contributed by atoms with E-state index in [2.05, 4.69) is 24.1 Å². The third-order valence-corrected chi connectivity index (χ3v) is 5.23. The summed E-state index contributed by atoms with van der Waals surface area (Å²) in [4.78, 5) is 15.1. The second-order valence-electron chi connectivity index (χ2n) is 6.96. The molecule has 0 heterocycles. The average Bonchev–Trinajstić information content (AvgIpc) is 2.68. The lowest BCUT2D eigenvalue weighted by atomic mass is 9.90. The van der Waals surface area contributed by atoms with Gasteiger partial charge in [0.05, 0.1) is 6.61 Å². The highest BCUT2D eigenvalue weighted by molar-refractivity contribution is 5.77. The maximum Gasteiger partial charge on any atom is 0.327 e. The molecule has 2 rings (SSSR count). The molecule has 0 bridgehead atoms. The first-order chi connectivity index (χ1) is 12.2. The van der Waals surface area contributed by atoms with Gasteiger partial charge in [0.2, 0.25) is 0 Å². The summed E-state index contributed by atoms with van der Waals surface area (Å²) in [5.74, 6) is 0.404. The average molecular weight is 347 g/mol. The van der Waals surface area contributed by atoms with Crippen LogP contribution in [-0.4, -0.2) is 43.7 Å². The van der Waals surface area contributed by atoms with Crippen molar-refractivity contribution < 1.29 is 9.53 Å². The van der Waals surface area contributed by atoms with Crippen molar-refractivity contribution in [3.63, 3.8) is 0 Å². The van der Waals surface area contributed by atoms with Crippen LogP contribution >= 0.6 is 0 Å². The van der Waals surface area contributed by atoms with E-state index in [4.69, 9.17) is 4.74 Å². The molecular weight excluding hydrogens is 312 g/mol. The smallest absolute Gasteiger partial charge is 0.327 e. The zero-order chi connectivity index (χ0) is 17.9. The van der Waals surface area contributed by atoms with Gasteiger partial charge in [0.15, 0.2) is 0 Å². The second-order valence-corrected chi connectivity index (χ2v) is 6.96. The summed E-state index contributed by atoms with van der Waals surface area (Å²) < 4.78 is 5.69. The van der Waals surface area contributed by atoms with Gasteiger partial charge in [-0.15, -0.1) is 0 Å². The molecule has 0 radical (unpaired) electrons. The van der Waals surface area contributed by atoms with Crippen molar-refractivity contribution in [2.24, 2.45) is 5.92 Å². The Morgan fingerprint density at radius 2 is 1.84 bits per heavy atom. The maximum atomic E-state index is 12.7. The lowest BCUT2D eigenvalue weighted by Gasteiger charge is -2.24. The fourth-order valence-corrected chi connectivity index (χ4v) is 3.53. The fraction of sp³-hybridized carbons (Fsp3) is 0.667. The van der Waals surface area contributed by atoms with Crippen LogP contribution in [0.1, 0.15) is 57.6 Å². The van der Waals surface area contributed by atoms with E-state index in [1.54, 1.807) is 0 Å². The molecule has 1 saturated carbocycles. The Morgan fingerprint density at radius 3 is 2.48 bits per heavy atom. The van der Waals surface area contributed by atoms with E-state index in [0.717, 1.165) is 31.7 Å². The summed E-state index contributed by atoms with van der Waals surface area (Å²) in [6.07, 6.45) is 6.25. The summed E-state index contributed by atoms with van der Waals surface area (Å²) in [6.45, 7) is 8.67. The highest BCUT2D eigenvalue weighted by atomic mass is 16.5. The van der Waals surface area contributed by atoms with Gasteiger partial charge in [0, 0.05) is 13.1 Å². The van der Waals surface area contributed by atoms with Crippen molar-refractivity contribution in [1.29, 1.82) is 0 Å². The molecule has 140 valence electrons. The van der Waals surface area contributed by atoms with Crippen LogP contribution in [0.5, 0.6) is 0 Å². The number of hydrogen-bond donors (Lipinski definition) is 1. The monoisotopic (exact) mass is 346 g/mol. The van der Waals surface area contributed by atoms with Gasteiger partial charge in [-0.2, -0.15) is 0 Å². The molecule has 0 aromatic heterocycles. The molecule has 25 heavy (non-hydrogen) atoms. The number of nitrogens with zero attached hydrogens (tertiary/aromatic N) is 1. The van der Waals surface area contributed by atoms with Crippen molar-refractivity contribution in [3.8, 4) is 0 Å². The number of carbonyl (C=O) groups excluding carboxylic acids is 1. The molecule has 1 fully saturated rings. The van der Waals surface area contributed by atoms with E-state index in [-0.39, 0.29) is 12.0 Å². The Labute approximate surface area is 152 Å². The van der Waals surface area contributed by atoms with Crippen LogP contribution in [-0.2, 0) is 9.53 Å². The summed E-state index contributed by atoms with van der Waals surface area (Å²) in [5, 5.41) is 3.41. The summed E-state index contributed by atoms with van der Waals surface area (Å²) in [7, 11) is 0. The molecule has 1 aliphatic rings. The molecule has 0 amide bonds. The molecule has 1 atom stereocenters. The number of ether oxygens (including phenoxy) is 1.